The second-order valence-corrected chi connectivity index (χ2v) is 5.27. The van der Waals surface area contributed by atoms with E-state index in [0.717, 1.165) is 12.1 Å². The van der Waals surface area contributed by atoms with Crippen LogP contribution >= 0.6 is 0 Å². The summed E-state index contributed by atoms with van der Waals surface area (Å²) in [5.74, 6) is 0.430. The number of Topliss-reactive ketones (excluding diaryl/α,β-unsaturated/α-hetero) is 1. The van der Waals surface area contributed by atoms with E-state index in [0.29, 0.717) is 24.9 Å². The minimum absolute atomic E-state index is 0.0567. The summed E-state index contributed by atoms with van der Waals surface area (Å²) < 4.78 is 1.93. The van der Waals surface area contributed by atoms with Crippen LogP contribution in [0.15, 0.2) is 12.3 Å². The first-order valence-electron chi connectivity index (χ1n) is 6.76. The Kier molecular flexibility index (Phi) is 5.54. The van der Waals surface area contributed by atoms with Gasteiger partial charge >= 0.3 is 0 Å². The summed E-state index contributed by atoms with van der Waals surface area (Å²) >= 11 is 0. The quantitative estimate of drug-likeness (QED) is 0.808. The lowest BCUT2D eigenvalue weighted by atomic mass is 9.89. The molecule has 1 aromatic rings. The molecule has 2 N–H and O–H groups in total. The summed E-state index contributed by atoms with van der Waals surface area (Å²) in [6, 6.07) is 2.31. The Morgan fingerprint density at radius 1 is 1.44 bits per heavy atom. The first-order valence-corrected chi connectivity index (χ1v) is 6.76. The Morgan fingerprint density at radius 2 is 2.11 bits per heavy atom. The number of aromatic nitrogens is 2. The molecular weight excluding hydrogens is 226 g/mol. The summed E-state index contributed by atoms with van der Waals surface area (Å²) in [5.41, 5.74) is 6.50. The second kappa shape index (κ2) is 6.69. The number of hydrogen-bond donors (Lipinski definition) is 1. The van der Waals surface area contributed by atoms with Gasteiger partial charge in [-0.3, -0.25) is 9.48 Å². The molecule has 1 rings (SSSR count). The van der Waals surface area contributed by atoms with Crippen molar-refractivity contribution in [2.45, 2.75) is 46.6 Å². The third kappa shape index (κ3) is 3.67. The van der Waals surface area contributed by atoms with Crippen LogP contribution in [0.2, 0.25) is 0 Å². The fourth-order valence-electron chi connectivity index (χ4n) is 1.99. The highest BCUT2D eigenvalue weighted by Gasteiger charge is 2.21. The van der Waals surface area contributed by atoms with E-state index in [1.807, 2.05) is 30.8 Å². The highest BCUT2D eigenvalue weighted by molar-refractivity contribution is 5.83. The van der Waals surface area contributed by atoms with Crippen LogP contribution < -0.4 is 5.73 Å². The predicted octanol–water partition coefficient (Wildman–Crippen LogP) is 2.20. The van der Waals surface area contributed by atoms with Crippen molar-refractivity contribution in [3.8, 4) is 0 Å². The average molecular weight is 251 g/mol. The van der Waals surface area contributed by atoms with Crippen molar-refractivity contribution in [1.29, 1.82) is 0 Å². The predicted molar refractivity (Wildman–Crippen MR) is 73.3 cm³/mol. The van der Waals surface area contributed by atoms with E-state index in [2.05, 4.69) is 18.9 Å². The fourth-order valence-corrected chi connectivity index (χ4v) is 1.99. The van der Waals surface area contributed by atoms with Gasteiger partial charge in [0, 0.05) is 24.7 Å². The highest BCUT2D eigenvalue weighted by Crippen LogP contribution is 2.14. The lowest BCUT2D eigenvalue weighted by Crippen LogP contribution is -2.29. The SMILES string of the molecule is CCC(C)n1ccc(CC(=O)C(CN)C(C)C)n1. The standard InChI is InChI=1S/C14H25N3O/c1-5-11(4)17-7-6-12(16-17)8-14(18)13(9-15)10(2)3/h6-7,10-11,13H,5,8-9,15H2,1-4H3. The zero-order chi connectivity index (χ0) is 13.7. The van der Waals surface area contributed by atoms with Crippen LogP contribution in [0, 0.1) is 11.8 Å². The molecule has 102 valence electrons. The molecule has 0 saturated heterocycles. The zero-order valence-corrected chi connectivity index (χ0v) is 11.9. The Morgan fingerprint density at radius 3 is 2.61 bits per heavy atom. The van der Waals surface area contributed by atoms with E-state index in [1.165, 1.54) is 0 Å². The fraction of sp³-hybridized carbons (Fsp3) is 0.714. The van der Waals surface area contributed by atoms with Gasteiger partial charge in [0.1, 0.15) is 5.78 Å². The van der Waals surface area contributed by atoms with Crippen molar-refractivity contribution in [1.82, 2.24) is 9.78 Å². The Balaban J connectivity index is 2.67. The maximum Gasteiger partial charge on any atom is 0.143 e. The van der Waals surface area contributed by atoms with E-state index >= 15 is 0 Å². The molecule has 1 heterocycles. The van der Waals surface area contributed by atoms with E-state index in [4.69, 9.17) is 5.73 Å². The summed E-state index contributed by atoms with van der Waals surface area (Å²) in [5, 5.41) is 4.45. The summed E-state index contributed by atoms with van der Waals surface area (Å²) in [4.78, 5) is 12.1. The molecule has 0 aliphatic heterocycles. The topological polar surface area (TPSA) is 60.9 Å². The van der Waals surface area contributed by atoms with Crippen molar-refractivity contribution < 1.29 is 4.79 Å². The van der Waals surface area contributed by atoms with Gasteiger partial charge in [-0.25, -0.2) is 0 Å². The molecule has 0 aromatic carbocycles. The maximum absolute atomic E-state index is 12.1. The molecular formula is C14H25N3O. The summed E-state index contributed by atoms with van der Waals surface area (Å²) in [6.45, 7) is 8.73. The molecule has 0 fully saturated rings. The van der Waals surface area contributed by atoms with Crippen LogP contribution in [0.1, 0.15) is 45.9 Å². The Hall–Kier alpha value is -1.16. The van der Waals surface area contributed by atoms with Gasteiger partial charge in [-0.15, -0.1) is 0 Å². The molecule has 0 radical (unpaired) electrons. The van der Waals surface area contributed by atoms with Crippen LogP contribution in [-0.4, -0.2) is 22.1 Å². The van der Waals surface area contributed by atoms with Gasteiger partial charge in [-0.2, -0.15) is 5.10 Å². The van der Waals surface area contributed by atoms with E-state index < -0.39 is 0 Å². The monoisotopic (exact) mass is 251 g/mol. The number of hydrogen-bond acceptors (Lipinski definition) is 3. The molecule has 2 atom stereocenters. The van der Waals surface area contributed by atoms with Crippen molar-refractivity contribution in [2.75, 3.05) is 6.54 Å². The minimum Gasteiger partial charge on any atom is -0.330 e. The van der Waals surface area contributed by atoms with Crippen LogP contribution in [0.5, 0.6) is 0 Å². The second-order valence-electron chi connectivity index (χ2n) is 5.27. The third-order valence-corrected chi connectivity index (χ3v) is 3.53. The third-order valence-electron chi connectivity index (χ3n) is 3.53. The van der Waals surface area contributed by atoms with Crippen LogP contribution in [0.3, 0.4) is 0 Å². The molecule has 0 aliphatic rings. The molecule has 0 aliphatic carbocycles. The number of rotatable bonds is 7. The van der Waals surface area contributed by atoms with Crippen LogP contribution in [0.25, 0.3) is 0 Å². The van der Waals surface area contributed by atoms with Crippen molar-refractivity contribution in [3.63, 3.8) is 0 Å². The molecule has 4 heteroatoms. The Bertz CT molecular complexity index is 384. The molecule has 0 bridgehead atoms. The van der Waals surface area contributed by atoms with Gasteiger partial charge in [0.25, 0.3) is 0 Å². The molecule has 0 spiro atoms. The van der Waals surface area contributed by atoms with Gasteiger partial charge in [0.05, 0.1) is 12.1 Å². The molecule has 1 aromatic heterocycles. The first-order chi connectivity index (χ1) is 8.49. The molecule has 0 saturated carbocycles. The lowest BCUT2D eigenvalue weighted by Gasteiger charge is -2.16. The van der Waals surface area contributed by atoms with Crippen molar-refractivity contribution in [3.05, 3.63) is 18.0 Å². The number of nitrogens with two attached hydrogens (primary N) is 1. The average Bonchev–Trinajstić information content (AvgIpc) is 2.76. The number of carbonyl (C=O) groups is 1. The van der Waals surface area contributed by atoms with Crippen LogP contribution in [-0.2, 0) is 11.2 Å². The van der Waals surface area contributed by atoms with Gasteiger partial charge in [-0.05, 0) is 25.3 Å². The Labute approximate surface area is 110 Å². The molecule has 0 amide bonds. The minimum atomic E-state index is -0.0567. The van der Waals surface area contributed by atoms with Gasteiger partial charge in [-0.1, -0.05) is 20.8 Å². The van der Waals surface area contributed by atoms with E-state index in [1.54, 1.807) is 0 Å². The number of nitrogens with zero attached hydrogens (tertiary/aromatic N) is 2. The normalized spacial score (nSPS) is 14.8. The van der Waals surface area contributed by atoms with Crippen molar-refractivity contribution >= 4 is 5.78 Å². The van der Waals surface area contributed by atoms with Crippen LogP contribution in [0.4, 0.5) is 0 Å². The number of ketones is 1. The summed E-state index contributed by atoms with van der Waals surface area (Å²) in [6.07, 6.45) is 3.37. The molecule has 4 nitrogen and oxygen atoms in total. The van der Waals surface area contributed by atoms with Crippen molar-refractivity contribution in [2.24, 2.45) is 17.6 Å². The zero-order valence-electron chi connectivity index (χ0n) is 11.9. The first kappa shape index (κ1) is 14.9. The van der Waals surface area contributed by atoms with Gasteiger partial charge in [0.2, 0.25) is 0 Å². The smallest absolute Gasteiger partial charge is 0.143 e. The maximum atomic E-state index is 12.1. The molecule has 18 heavy (non-hydrogen) atoms. The summed E-state index contributed by atoms with van der Waals surface area (Å²) in [7, 11) is 0. The highest BCUT2D eigenvalue weighted by atomic mass is 16.1. The largest absolute Gasteiger partial charge is 0.330 e. The molecule has 2 unspecified atom stereocenters. The van der Waals surface area contributed by atoms with E-state index in [9.17, 15) is 4.79 Å². The van der Waals surface area contributed by atoms with Gasteiger partial charge in [0.15, 0.2) is 0 Å². The van der Waals surface area contributed by atoms with E-state index in [-0.39, 0.29) is 11.7 Å². The van der Waals surface area contributed by atoms with Gasteiger partial charge < -0.3 is 5.73 Å². The lowest BCUT2D eigenvalue weighted by molar-refractivity contribution is -0.123. The number of carbonyl (C=O) groups excluding carboxylic acids is 1.